The van der Waals surface area contributed by atoms with Crippen LogP contribution in [0.2, 0.25) is 0 Å². The van der Waals surface area contributed by atoms with Gasteiger partial charge in [0.1, 0.15) is 0 Å². The third kappa shape index (κ3) is 3.73. The highest BCUT2D eigenvalue weighted by Crippen LogP contribution is 2.34. The largest absolute Gasteiger partial charge is 0.443 e. The molecule has 0 aliphatic rings. The number of nitrogens with zero attached hydrogens (tertiary/aromatic N) is 1. The molecule has 1 unspecified atom stereocenters. The summed E-state index contributed by atoms with van der Waals surface area (Å²) in [6, 6.07) is -0.399. The first kappa shape index (κ1) is 13.4. The van der Waals surface area contributed by atoms with Gasteiger partial charge in [-0.05, 0) is 12.8 Å². The standard InChI is InChI=1S/C9H13F3N2OS/c1-15-4-2-3-6(13)7-5-14-8(16-7)9(10,11)12/h5-6H,2-4,13H2,1H3. The average molecular weight is 254 g/mol. The maximum Gasteiger partial charge on any atom is 0.443 e. The predicted molar refractivity (Wildman–Crippen MR) is 55.2 cm³/mol. The van der Waals surface area contributed by atoms with Crippen LogP contribution in [0.1, 0.15) is 28.8 Å². The molecular formula is C9H13F3N2OS. The van der Waals surface area contributed by atoms with Crippen molar-refractivity contribution < 1.29 is 17.9 Å². The van der Waals surface area contributed by atoms with Crippen molar-refractivity contribution in [2.24, 2.45) is 5.73 Å². The Morgan fingerprint density at radius 1 is 1.56 bits per heavy atom. The number of alkyl halides is 3. The summed E-state index contributed by atoms with van der Waals surface area (Å²) in [4.78, 5) is 3.78. The fourth-order valence-corrected chi connectivity index (χ4v) is 2.00. The molecule has 0 radical (unpaired) electrons. The number of halogens is 3. The van der Waals surface area contributed by atoms with Gasteiger partial charge in [-0.25, -0.2) is 4.98 Å². The van der Waals surface area contributed by atoms with E-state index < -0.39 is 17.2 Å². The van der Waals surface area contributed by atoms with Crippen molar-refractivity contribution in [3.8, 4) is 0 Å². The molecule has 92 valence electrons. The summed E-state index contributed by atoms with van der Waals surface area (Å²) >= 11 is 0.604. The third-order valence-electron chi connectivity index (χ3n) is 2.00. The maximum atomic E-state index is 12.3. The van der Waals surface area contributed by atoms with E-state index in [-0.39, 0.29) is 0 Å². The van der Waals surface area contributed by atoms with Gasteiger partial charge in [-0.3, -0.25) is 0 Å². The molecule has 0 aromatic carbocycles. The molecule has 0 aliphatic carbocycles. The van der Waals surface area contributed by atoms with E-state index in [0.717, 1.165) is 6.42 Å². The third-order valence-corrected chi connectivity index (χ3v) is 3.17. The number of rotatable bonds is 5. The summed E-state index contributed by atoms with van der Waals surface area (Å²) in [5.41, 5.74) is 5.74. The first-order valence-corrected chi connectivity index (χ1v) is 5.54. The number of ether oxygens (including phenoxy) is 1. The summed E-state index contributed by atoms with van der Waals surface area (Å²) < 4.78 is 41.6. The molecule has 0 saturated carbocycles. The van der Waals surface area contributed by atoms with Crippen molar-refractivity contribution in [1.29, 1.82) is 0 Å². The molecule has 3 nitrogen and oxygen atoms in total. The Morgan fingerprint density at radius 3 is 2.75 bits per heavy atom. The normalized spacial score (nSPS) is 14.1. The lowest BCUT2D eigenvalue weighted by molar-refractivity contribution is -0.137. The minimum atomic E-state index is -4.38. The Kier molecular flexibility index (Phi) is 4.69. The highest BCUT2D eigenvalue weighted by atomic mass is 32.1. The second-order valence-corrected chi connectivity index (χ2v) is 4.37. The number of thiazole rings is 1. The molecule has 1 atom stereocenters. The van der Waals surface area contributed by atoms with E-state index in [1.165, 1.54) is 6.20 Å². The number of methoxy groups -OCH3 is 1. The zero-order valence-electron chi connectivity index (χ0n) is 8.75. The molecule has 1 aromatic heterocycles. The van der Waals surface area contributed by atoms with Gasteiger partial charge in [0.05, 0.1) is 0 Å². The minimum absolute atomic E-state index is 0.399. The van der Waals surface area contributed by atoms with Crippen molar-refractivity contribution >= 4 is 11.3 Å². The van der Waals surface area contributed by atoms with Crippen molar-refractivity contribution in [2.45, 2.75) is 25.1 Å². The van der Waals surface area contributed by atoms with Gasteiger partial charge in [0.25, 0.3) is 0 Å². The molecule has 2 N–H and O–H groups in total. The van der Waals surface area contributed by atoms with Gasteiger partial charge in [0, 0.05) is 30.8 Å². The predicted octanol–water partition coefficient (Wildman–Crippen LogP) is 2.59. The molecule has 0 bridgehead atoms. The molecule has 1 rings (SSSR count). The summed E-state index contributed by atoms with van der Waals surface area (Å²) in [5, 5.41) is -0.843. The second-order valence-electron chi connectivity index (χ2n) is 3.31. The molecule has 0 amide bonds. The fraction of sp³-hybridized carbons (Fsp3) is 0.667. The van der Waals surface area contributed by atoms with Gasteiger partial charge in [0.15, 0.2) is 5.01 Å². The van der Waals surface area contributed by atoms with E-state index in [1.807, 2.05) is 0 Å². The Morgan fingerprint density at radius 2 is 2.25 bits per heavy atom. The van der Waals surface area contributed by atoms with E-state index in [0.29, 0.717) is 29.2 Å². The lowest BCUT2D eigenvalue weighted by Gasteiger charge is -2.07. The number of hydrogen-bond acceptors (Lipinski definition) is 4. The van der Waals surface area contributed by atoms with Crippen LogP contribution in [0.4, 0.5) is 13.2 Å². The highest BCUT2D eigenvalue weighted by molar-refractivity contribution is 7.11. The average Bonchev–Trinajstić information content (AvgIpc) is 2.66. The molecule has 1 aromatic rings. The molecule has 0 aliphatic heterocycles. The molecule has 16 heavy (non-hydrogen) atoms. The smallest absolute Gasteiger partial charge is 0.385 e. The van der Waals surface area contributed by atoms with Crippen LogP contribution in [-0.4, -0.2) is 18.7 Å². The summed E-state index contributed by atoms with van der Waals surface area (Å²) in [5.74, 6) is 0. The Bertz CT molecular complexity index is 327. The molecule has 7 heteroatoms. The maximum absolute atomic E-state index is 12.3. The van der Waals surface area contributed by atoms with Gasteiger partial charge in [-0.1, -0.05) is 0 Å². The Labute approximate surface area is 95.4 Å². The first-order valence-electron chi connectivity index (χ1n) is 4.72. The molecule has 0 saturated heterocycles. The van der Waals surface area contributed by atoms with Crippen LogP contribution < -0.4 is 5.73 Å². The zero-order valence-corrected chi connectivity index (χ0v) is 9.57. The van der Waals surface area contributed by atoms with E-state index in [9.17, 15) is 13.2 Å². The van der Waals surface area contributed by atoms with Gasteiger partial charge in [-0.2, -0.15) is 13.2 Å². The highest BCUT2D eigenvalue weighted by Gasteiger charge is 2.34. The van der Waals surface area contributed by atoms with Crippen molar-refractivity contribution in [2.75, 3.05) is 13.7 Å². The van der Waals surface area contributed by atoms with E-state index in [2.05, 4.69) is 4.98 Å². The lowest BCUT2D eigenvalue weighted by Crippen LogP contribution is -2.09. The van der Waals surface area contributed by atoms with Crippen LogP contribution in [-0.2, 0) is 10.9 Å². The van der Waals surface area contributed by atoms with Crippen LogP contribution in [0.3, 0.4) is 0 Å². The van der Waals surface area contributed by atoms with Gasteiger partial charge >= 0.3 is 6.18 Å². The van der Waals surface area contributed by atoms with Crippen molar-refractivity contribution in [3.05, 3.63) is 16.1 Å². The number of aromatic nitrogens is 1. The number of hydrogen-bond donors (Lipinski definition) is 1. The summed E-state index contributed by atoms with van der Waals surface area (Å²) in [6.45, 7) is 0.554. The van der Waals surface area contributed by atoms with Crippen LogP contribution >= 0.6 is 11.3 Å². The topological polar surface area (TPSA) is 48.1 Å². The van der Waals surface area contributed by atoms with Gasteiger partial charge < -0.3 is 10.5 Å². The van der Waals surface area contributed by atoms with Gasteiger partial charge in [-0.15, -0.1) is 11.3 Å². The molecule has 0 spiro atoms. The zero-order chi connectivity index (χ0) is 12.2. The first-order chi connectivity index (χ1) is 7.45. The van der Waals surface area contributed by atoms with Crippen LogP contribution in [0.25, 0.3) is 0 Å². The molecule has 0 fully saturated rings. The van der Waals surface area contributed by atoms with Crippen LogP contribution in [0.15, 0.2) is 6.20 Å². The van der Waals surface area contributed by atoms with E-state index in [1.54, 1.807) is 7.11 Å². The monoisotopic (exact) mass is 254 g/mol. The number of nitrogens with two attached hydrogens (primary N) is 1. The van der Waals surface area contributed by atoms with Crippen LogP contribution in [0.5, 0.6) is 0 Å². The summed E-state index contributed by atoms with van der Waals surface area (Å²) in [6.07, 6.45) is -1.87. The molecule has 1 heterocycles. The van der Waals surface area contributed by atoms with E-state index in [4.69, 9.17) is 10.5 Å². The van der Waals surface area contributed by atoms with E-state index >= 15 is 0 Å². The quantitative estimate of drug-likeness (QED) is 0.821. The van der Waals surface area contributed by atoms with Crippen LogP contribution in [0, 0.1) is 0 Å². The summed E-state index contributed by atoms with van der Waals surface area (Å²) in [7, 11) is 1.57. The lowest BCUT2D eigenvalue weighted by atomic mass is 10.1. The SMILES string of the molecule is COCCCC(N)c1cnc(C(F)(F)F)s1. The Hall–Kier alpha value is -0.660. The van der Waals surface area contributed by atoms with Crippen molar-refractivity contribution in [1.82, 2.24) is 4.98 Å². The van der Waals surface area contributed by atoms with Crippen molar-refractivity contribution in [3.63, 3.8) is 0 Å². The van der Waals surface area contributed by atoms with Gasteiger partial charge in [0.2, 0.25) is 0 Å². The molecular weight excluding hydrogens is 241 g/mol. The minimum Gasteiger partial charge on any atom is -0.385 e. The fourth-order valence-electron chi connectivity index (χ4n) is 1.18. The second kappa shape index (κ2) is 5.60. The Balaban J connectivity index is 2.56.